The monoisotopic (exact) mass is 308 g/mol. The minimum atomic E-state index is -0.534. The molecular weight excluding hydrogens is 291 g/mol. The van der Waals surface area contributed by atoms with Gasteiger partial charge >= 0.3 is 0 Å². The minimum Gasteiger partial charge on any atom is -0.491 e. The Balaban J connectivity index is 2.20. The lowest BCUT2D eigenvalue weighted by molar-refractivity contribution is 0.217. The van der Waals surface area contributed by atoms with Gasteiger partial charge in [-0.2, -0.15) is 0 Å². The molecule has 0 saturated carbocycles. The summed E-state index contributed by atoms with van der Waals surface area (Å²) in [6.45, 7) is 4.08. The first-order valence-corrected chi connectivity index (χ1v) is 7.15. The third kappa shape index (κ3) is 4.02. The van der Waals surface area contributed by atoms with Gasteiger partial charge in [-0.15, -0.1) is 0 Å². The Labute approximate surface area is 128 Å². The Kier molecular flexibility index (Phi) is 4.91. The second-order valence-electron chi connectivity index (χ2n) is 4.84. The fraction of sp³-hybridized carbons (Fsp3) is 0.250. The molecule has 5 heteroatoms. The van der Waals surface area contributed by atoms with Crippen LogP contribution < -0.4 is 15.8 Å². The number of hydrogen-bond acceptors (Lipinski definition) is 3. The van der Waals surface area contributed by atoms with Crippen LogP contribution in [0, 0.1) is 5.82 Å². The molecule has 21 heavy (non-hydrogen) atoms. The quantitative estimate of drug-likeness (QED) is 0.766. The van der Waals surface area contributed by atoms with E-state index >= 15 is 0 Å². The van der Waals surface area contributed by atoms with E-state index in [0.29, 0.717) is 11.4 Å². The predicted molar refractivity (Wildman–Crippen MR) is 85.9 cm³/mol. The standard InChI is InChI=1S/C16H18ClFN2O/c1-3-10(2)21-12-6-4-5-11(7-12)20-16-8-13(17)14(18)9-15(16)19/h4-10,20H,3,19H2,1-2H3. The summed E-state index contributed by atoms with van der Waals surface area (Å²) in [5.41, 5.74) is 7.44. The van der Waals surface area contributed by atoms with Crippen LogP contribution in [0.2, 0.25) is 5.02 Å². The van der Waals surface area contributed by atoms with E-state index in [9.17, 15) is 4.39 Å². The molecule has 1 atom stereocenters. The summed E-state index contributed by atoms with van der Waals surface area (Å²) in [5, 5.41) is 3.14. The number of nitrogen functional groups attached to an aromatic ring is 1. The second kappa shape index (κ2) is 6.68. The first-order chi connectivity index (χ1) is 9.99. The lowest BCUT2D eigenvalue weighted by atomic mass is 10.2. The molecular formula is C16H18ClFN2O. The Hall–Kier alpha value is -1.94. The molecule has 0 aliphatic rings. The van der Waals surface area contributed by atoms with Crippen LogP contribution in [0.5, 0.6) is 5.75 Å². The number of rotatable bonds is 5. The number of benzene rings is 2. The van der Waals surface area contributed by atoms with E-state index in [-0.39, 0.29) is 11.1 Å². The highest BCUT2D eigenvalue weighted by atomic mass is 35.5. The zero-order chi connectivity index (χ0) is 15.4. The molecule has 0 radical (unpaired) electrons. The average molecular weight is 309 g/mol. The van der Waals surface area contributed by atoms with Crippen molar-refractivity contribution in [1.29, 1.82) is 0 Å². The number of halogens is 2. The van der Waals surface area contributed by atoms with E-state index in [1.54, 1.807) is 0 Å². The molecule has 0 aliphatic heterocycles. The SMILES string of the molecule is CCC(C)Oc1cccc(Nc2cc(Cl)c(F)cc2N)c1. The van der Waals surface area contributed by atoms with E-state index in [1.807, 2.05) is 31.2 Å². The van der Waals surface area contributed by atoms with Gasteiger partial charge in [-0.05, 0) is 31.5 Å². The molecule has 1 unspecified atom stereocenters. The third-order valence-corrected chi connectivity index (χ3v) is 3.41. The summed E-state index contributed by atoms with van der Waals surface area (Å²) >= 11 is 5.78. The van der Waals surface area contributed by atoms with Gasteiger partial charge in [0.25, 0.3) is 0 Å². The molecule has 0 amide bonds. The van der Waals surface area contributed by atoms with Crippen LogP contribution in [0.1, 0.15) is 20.3 Å². The van der Waals surface area contributed by atoms with Crippen molar-refractivity contribution in [2.45, 2.75) is 26.4 Å². The number of anilines is 3. The minimum absolute atomic E-state index is 0.0266. The van der Waals surface area contributed by atoms with Crippen LogP contribution in [-0.2, 0) is 0 Å². The predicted octanol–water partition coefficient (Wildman–Crippen LogP) is 4.98. The van der Waals surface area contributed by atoms with Crippen molar-refractivity contribution in [2.75, 3.05) is 11.1 Å². The normalized spacial score (nSPS) is 12.0. The van der Waals surface area contributed by atoms with Crippen LogP contribution in [0.15, 0.2) is 36.4 Å². The zero-order valence-electron chi connectivity index (χ0n) is 12.0. The third-order valence-electron chi connectivity index (χ3n) is 3.12. The first kappa shape index (κ1) is 15.4. The van der Waals surface area contributed by atoms with E-state index in [0.717, 1.165) is 17.9 Å². The molecule has 0 saturated heterocycles. The van der Waals surface area contributed by atoms with Gasteiger partial charge in [0.15, 0.2) is 0 Å². The maximum Gasteiger partial charge on any atom is 0.143 e. The highest BCUT2D eigenvalue weighted by Gasteiger charge is 2.07. The summed E-state index contributed by atoms with van der Waals surface area (Å²) in [6, 6.07) is 10.2. The van der Waals surface area contributed by atoms with Gasteiger partial charge in [0.05, 0.1) is 22.5 Å². The zero-order valence-corrected chi connectivity index (χ0v) is 12.7. The van der Waals surface area contributed by atoms with Crippen molar-refractivity contribution < 1.29 is 9.13 Å². The molecule has 112 valence electrons. The highest BCUT2D eigenvalue weighted by molar-refractivity contribution is 6.31. The Morgan fingerprint density at radius 1 is 1.33 bits per heavy atom. The Morgan fingerprint density at radius 2 is 2.10 bits per heavy atom. The topological polar surface area (TPSA) is 47.3 Å². The molecule has 2 rings (SSSR count). The molecule has 0 bridgehead atoms. The van der Waals surface area contributed by atoms with Gasteiger partial charge in [-0.1, -0.05) is 24.6 Å². The van der Waals surface area contributed by atoms with Crippen molar-refractivity contribution in [3.05, 3.63) is 47.2 Å². The number of nitrogens with two attached hydrogens (primary N) is 1. The molecule has 0 spiro atoms. The second-order valence-corrected chi connectivity index (χ2v) is 5.25. The number of hydrogen-bond donors (Lipinski definition) is 2. The van der Waals surface area contributed by atoms with Gasteiger partial charge in [-0.25, -0.2) is 4.39 Å². The van der Waals surface area contributed by atoms with Gasteiger partial charge < -0.3 is 15.8 Å². The van der Waals surface area contributed by atoms with Gasteiger partial charge in [-0.3, -0.25) is 0 Å². The van der Waals surface area contributed by atoms with Crippen molar-refractivity contribution in [1.82, 2.24) is 0 Å². The molecule has 2 aromatic carbocycles. The molecule has 3 N–H and O–H groups in total. The van der Waals surface area contributed by atoms with Crippen molar-refractivity contribution in [3.63, 3.8) is 0 Å². The van der Waals surface area contributed by atoms with Crippen LogP contribution in [0.25, 0.3) is 0 Å². The first-order valence-electron chi connectivity index (χ1n) is 6.78. The Morgan fingerprint density at radius 3 is 2.81 bits per heavy atom. The van der Waals surface area contributed by atoms with Crippen molar-refractivity contribution >= 4 is 28.7 Å². The average Bonchev–Trinajstić information content (AvgIpc) is 2.45. The summed E-state index contributed by atoms with van der Waals surface area (Å²) < 4.78 is 19.0. The fourth-order valence-electron chi connectivity index (χ4n) is 1.79. The molecule has 0 fully saturated rings. The van der Waals surface area contributed by atoms with Gasteiger partial charge in [0.1, 0.15) is 11.6 Å². The smallest absolute Gasteiger partial charge is 0.143 e. The fourth-order valence-corrected chi connectivity index (χ4v) is 1.95. The van der Waals surface area contributed by atoms with Gasteiger partial charge in [0, 0.05) is 17.8 Å². The van der Waals surface area contributed by atoms with Gasteiger partial charge in [0.2, 0.25) is 0 Å². The molecule has 0 aliphatic carbocycles. The molecule has 3 nitrogen and oxygen atoms in total. The summed E-state index contributed by atoms with van der Waals surface area (Å²) in [6.07, 6.45) is 1.07. The molecule has 2 aromatic rings. The van der Waals surface area contributed by atoms with E-state index in [1.165, 1.54) is 12.1 Å². The summed E-state index contributed by atoms with van der Waals surface area (Å²) in [7, 11) is 0. The molecule has 0 heterocycles. The summed E-state index contributed by atoms with van der Waals surface area (Å²) in [5.74, 6) is 0.231. The lowest BCUT2D eigenvalue weighted by Gasteiger charge is -2.15. The van der Waals surface area contributed by atoms with Crippen LogP contribution in [0.4, 0.5) is 21.5 Å². The van der Waals surface area contributed by atoms with Crippen LogP contribution in [-0.4, -0.2) is 6.10 Å². The molecule has 0 aromatic heterocycles. The number of nitrogens with one attached hydrogen (secondary N) is 1. The number of ether oxygens (including phenoxy) is 1. The van der Waals surface area contributed by atoms with Crippen molar-refractivity contribution in [3.8, 4) is 5.75 Å². The Bertz CT molecular complexity index is 634. The van der Waals surface area contributed by atoms with E-state index in [2.05, 4.69) is 12.2 Å². The van der Waals surface area contributed by atoms with Crippen LogP contribution in [0.3, 0.4) is 0 Å². The maximum absolute atomic E-state index is 13.3. The summed E-state index contributed by atoms with van der Waals surface area (Å²) in [4.78, 5) is 0. The van der Waals surface area contributed by atoms with E-state index < -0.39 is 5.82 Å². The van der Waals surface area contributed by atoms with Crippen molar-refractivity contribution in [2.24, 2.45) is 0 Å². The van der Waals surface area contributed by atoms with E-state index in [4.69, 9.17) is 22.1 Å². The highest BCUT2D eigenvalue weighted by Crippen LogP contribution is 2.30. The lowest BCUT2D eigenvalue weighted by Crippen LogP contribution is -2.09. The largest absolute Gasteiger partial charge is 0.491 e. The maximum atomic E-state index is 13.3. The van der Waals surface area contributed by atoms with Crippen LogP contribution >= 0.6 is 11.6 Å².